The van der Waals surface area contributed by atoms with E-state index in [1.165, 1.54) is 11.3 Å². The third-order valence-corrected chi connectivity index (χ3v) is 7.21. The number of rotatable bonds is 9. The van der Waals surface area contributed by atoms with Gasteiger partial charge < -0.3 is 10.6 Å². The number of sulfonamides is 1. The summed E-state index contributed by atoms with van der Waals surface area (Å²) in [6.07, 6.45) is 3.32. The lowest BCUT2D eigenvalue weighted by Gasteiger charge is -2.22. The quantitative estimate of drug-likeness (QED) is 0.602. The van der Waals surface area contributed by atoms with Crippen LogP contribution in [-0.2, 0) is 21.2 Å². The second kappa shape index (κ2) is 9.66. The summed E-state index contributed by atoms with van der Waals surface area (Å²) < 4.78 is 27.9. The van der Waals surface area contributed by atoms with E-state index in [-0.39, 0.29) is 5.91 Å². The van der Waals surface area contributed by atoms with Gasteiger partial charge >= 0.3 is 0 Å². The van der Waals surface area contributed by atoms with Crippen molar-refractivity contribution in [1.29, 1.82) is 0 Å². The zero-order valence-corrected chi connectivity index (χ0v) is 16.6. The molecule has 0 spiro atoms. The minimum atomic E-state index is -3.44. The molecule has 1 saturated heterocycles. The van der Waals surface area contributed by atoms with Gasteiger partial charge in [-0.15, -0.1) is 11.3 Å². The highest BCUT2D eigenvalue weighted by atomic mass is 32.2. The molecule has 6 nitrogen and oxygen atoms in total. The van der Waals surface area contributed by atoms with Crippen molar-refractivity contribution in [2.75, 3.05) is 26.2 Å². The molecule has 1 aliphatic heterocycles. The van der Waals surface area contributed by atoms with Crippen molar-refractivity contribution in [2.24, 2.45) is 11.8 Å². The Kier molecular flexibility index (Phi) is 7.86. The third kappa shape index (κ3) is 7.05. The smallest absolute Gasteiger partial charge is 0.250 e. The fraction of sp³-hybridized carbons (Fsp3) is 0.706. The summed E-state index contributed by atoms with van der Waals surface area (Å²) in [5, 5.41) is 6.17. The molecule has 1 aromatic heterocycles. The van der Waals surface area contributed by atoms with E-state index in [9.17, 15) is 13.2 Å². The number of nitrogens with one attached hydrogen (secondary N) is 3. The highest BCUT2D eigenvalue weighted by molar-refractivity contribution is 7.91. The molecule has 2 rings (SSSR count). The highest BCUT2D eigenvalue weighted by Crippen LogP contribution is 2.22. The average Bonchev–Trinajstić information content (AvgIpc) is 3.03. The Balaban J connectivity index is 1.79. The van der Waals surface area contributed by atoms with E-state index in [0.717, 1.165) is 30.8 Å². The van der Waals surface area contributed by atoms with Crippen LogP contribution in [0.25, 0.3) is 0 Å². The van der Waals surface area contributed by atoms with Gasteiger partial charge in [0.1, 0.15) is 4.21 Å². The van der Waals surface area contributed by atoms with Gasteiger partial charge in [0, 0.05) is 24.4 Å². The zero-order valence-electron chi connectivity index (χ0n) is 15.0. The van der Waals surface area contributed by atoms with Crippen molar-refractivity contribution in [1.82, 2.24) is 15.4 Å². The molecule has 1 fully saturated rings. The summed E-state index contributed by atoms with van der Waals surface area (Å²) >= 11 is 1.27. The molecule has 0 aromatic carbocycles. The fourth-order valence-electron chi connectivity index (χ4n) is 2.80. The lowest BCUT2D eigenvalue weighted by Crippen LogP contribution is -2.37. The number of carbonyl (C=O) groups excluding carboxylic acids is 1. The van der Waals surface area contributed by atoms with Gasteiger partial charge in [0.15, 0.2) is 0 Å². The maximum Gasteiger partial charge on any atom is 0.250 e. The molecular weight excluding hydrogens is 358 g/mol. The van der Waals surface area contributed by atoms with Crippen LogP contribution in [0.15, 0.2) is 16.3 Å². The van der Waals surface area contributed by atoms with Crippen LogP contribution in [0.5, 0.6) is 0 Å². The van der Waals surface area contributed by atoms with Gasteiger partial charge in [-0.05, 0) is 56.3 Å². The first-order valence-corrected chi connectivity index (χ1v) is 11.2. The molecule has 1 unspecified atom stereocenters. The molecule has 3 N–H and O–H groups in total. The Labute approximate surface area is 154 Å². The van der Waals surface area contributed by atoms with E-state index in [0.29, 0.717) is 42.0 Å². The maximum absolute atomic E-state index is 12.4. The van der Waals surface area contributed by atoms with Crippen LogP contribution in [0.3, 0.4) is 0 Å². The fourth-order valence-corrected chi connectivity index (χ4v) is 5.32. The molecule has 1 aromatic rings. The summed E-state index contributed by atoms with van der Waals surface area (Å²) in [5.41, 5.74) is 0. The van der Waals surface area contributed by atoms with Crippen molar-refractivity contribution in [3.05, 3.63) is 17.0 Å². The van der Waals surface area contributed by atoms with E-state index >= 15 is 0 Å². The van der Waals surface area contributed by atoms with Crippen LogP contribution in [0.1, 0.15) is 38.0 Å². The van der Waals surface area contributed by atoms with E-state index in [1.807, 2.05) is 19.9 Å². The Morgan fingerprint density at radius 3 is 2.88 bits per heavy atom. The number of thiophene rings is 1. The lowest BCUT2D eigenvalue weighted by atomic mass is 10.0. The monoisotopic (exact) mass is 387 g/mol. The predicted octanol–water partition coefficient (Wildman–Crippen LogP) is 1.73. The minimum absolute atomic E-state index is 0.0437. The van der Waals surface area contributed by atoms with Crippen LogP contribution >= 0.6 is 11.3 Å². The number of piperidine rings is 1. The van der Waals surface area contributed by atoms with Gasteiger partial charge in [-0.3, -0.25) is 4.79 Å². The van der Waals surface area contributed by atoms with E-state index in [1.54, 1.807) is 6.07 Å². The summed E-state index contributed by atoms with van der Waals surface area (Å²) in [7, 11) is -3.44. The number of hydrogen-bond acceptors (Lipinski definition) is 5. The Morgan fingerprint density at radius 1 is 1.40 bits per heavy atom. The van der Waals surface area contributed by atoms with E-state index < -0.39 is 10.0 Å². The molecule has 142 valence electrons. The SMILES string of the molecule is CC(C)CC(=O)NCCc1ccc(S(=O)(=O)NCC2CCCNC2)s1. The first-order chi connectivity index (χ1) is 11.9. The molecular formula is C17H29N3O3S2. The topological polar surface area (TPSA) is 87.3 Å². The normalized spacial score (nSPS) is 18.4. The van der Waals surface area contributed by atoms with E-state index in [4.69, 9.17) is 0 Å². The summed E-state index contributed by atoms with van der Waals surface area (Å²) in [6, 6.07) is 3.48. The second-order valence-corrected chi connectivity index (χ2v) is 10.1. The Morgan fingerprint density at radius 2 is 2.20 bits per heavy atom. The zero-order chi connectivity index (χ0) is 18.3. The van der Waals surface area contributed by atoms with E-state index in [2.05, 4.69) is 15.4 Å². The van der Waals surface area contributed by atoms with Crippen molar-refractivity contribution in [3.63, 3.8) is 0 Å². The number of carbonyl (C=O) groups is 1. The standard InChI is InChI=1S/C17H29N3O3S2/c1-13(2)10-16(21)19-9-7-15-5-6-17(24-15)25(22,23)20-12-14-4-3-8-18-11-14/h5-6,13-14,18,20H,3-4,7-12H2,1-2H3,(H,19,21). The molecule has 0 aliphatic carbocycles. The van der Waals surface area contributed by atoms with Gasteiger partial charge in [0.05, 0.1) is 0 Å². The summed E-state index contributed by atoms with van der Waals surface area (Å²) in [6.45, 7) is 6.92. The van der Waals surface area contributed by atoms with Crippen LogP contribution in [0.2, 0.25) is 0 Å². The lowest BCUT2D eigenvalue weighted by molar-refractivity contribution is -0.121. The molecule has 0 radical (unpaired) electrons. The van der Waals surface area contributed by atoms with Crippen molar-refractivity contribution < 1.29 is 13.2 Å². The van der Waals surface area contributed by atoms with Crippen LogP contribution in [0.4, 0.5) is 0 Å². The number of hydrogen-bond donors (Lipinski definition) is 3. The molecule has 1 atom stereocenters. The molecule has 1 aliphatic rings. The highest BCUT2D eigenvalue weighted by Gasteiger charge is 2.20. The number of amides is 1. The molecule has 0 bridgehead atoms. The van der Waals surface area contributed by atoms with Crippen molar-refractivity contribution in [3.8, 4) is 0 Å². The average molecular weight is 388 g/mol. The van der Waals surface area contributed by atoms with Crippen LogP contribution in [-0.4, -0.2) is 40.5 Å². The molecule has 25 heavy (non-hydrogen) atoms. The van der Waals surface area contributed by atoms with Crippen LogP contribution in [0, 0.1) is 11.8 Å². The molecule has 0 saturated carbocycles. The minimum Gasteiger partial charge on any atom is -0.356 e. The largest absolute Gasteiger partial charge is 0.356 e. The summed E-state index contributed by atoms with van der Waals surface area (Å²) in [5.74, 6) is 0.741. The molecule has 1 amide bonds. The van der Waals surface area contributed by atoms with Crippen molar-refractivity contribution >= 4 is 27.3 Å². The van der Waals surface area contributed by atoms with Gasteiger partial charge in [0.25, 0.3) is 0 Å². The molecule has 8 heteroatoms. The van der Waals surface area contributed by atoms with Gasteiger partial charge in [-0.25, -0.2) is 13.1 Å². The Bertz CT molecular complexity index is 650. The first kappa shape index (κ1) is 20.4. The van der Waals surface area contributed by atoms with Crippen LogP contribution < -0.4 is 15.4 Å². The van der Waals surface area contributed by atoms with Gasteiger partial charge in [-0.1, -0.05) is 13.8 Å². The third-order valence-electron chi connectivity index (χ3n) is 4.15. The van der Waals surface area contributed by atoms with Gasteiger partial charge in [-0.2, -0.15) is 0 Å². The van der Waals surface area contributed by atoms with Gasteiger partial charge in [0.2, 0.25) is 15.9 Å². The molecule has 2 heterocycles. The predicted molar refractivity (Wildman–Crippen MR) is 101 cm³/mol. The Hall–Kier alpha value is -0.960. The summed E-state index contributed by atoms with van der Waals surface area (Å²) in [4.78, 5) is 12.6. The second-order valence-electron chi connectivity index (χ2n) is 6.98. The first-order valence-electron chi connectivity index (χ1n) is 8.92. The van der Waals surface area contributed by atoms with Crippen molar-refractivity contribution in [2.45, 2.75) is 43.7 Å². The maximum atomic E-state index is 12.4.